The minimum absolute atomic E-state index is 0.108. The molecule has 0 fully saturated rings. The molecule has 0 spiro atoms. The van der Waals surface area contributed by atoms with Crippen molar-refractivity contribution >= 4 is 31.0 Å². The maximum absolute atomic E-state index is 13.8. The Labute approximate surface area is 309 Å². The van der Waals surface area contributed by atoms with Gasteiger partial charge in [-0.2, -0.15) is 0 Å². The number of nitrogens with two attached hydrogens (primary N) is 2. The molecule has 6 rings (SSSR count). The van der Waals surface area contributed by atoms with Crippen molar-refractivity contribution in [3.63, 3.8) is 0 Å². The van der Waals surface area contributed by atoms with Crippen LogP contribution in [0.4, 0.5) is 11.4 Å². The Morgan fingerprint density at radius 1 is 0.654 bits per heavy atom. The highest BCUT2D eigenvalue weighted by Crippen LogP contribution is 2.50. The molecule has 8 nitrogen and oxygen atoms in total. The van der Waals surface area contributed by atoms with E-state index in [1.165, 1.54) is 0 Å². The molecule has 2 unspecified atom stereocenters. The molecule has 0 radical (unpaired) electrons. The van der Waals surface area contributed by atoms with Crippen LogP contribution in [0.3, 0.4) is 0 Å². The van der Waals surface area contributed by atoms with Crippen LogP contribution >= 0.6 is 0 Å². The number of benzene rings is 4. The fourth-order valence-electron chi connectivity index (χ4n) is 8.61. The van der Waals surface area contributed by atoms with E-state index in [1.54, 1.807) is 36.4 Å². The van der Waals surface area contributed by atoms with Crippen molar-refractivity contribution in [3.05, 3.63) is 118 Å². The van der Waals surface area contributed by atoms with Crippen molar-refractivity contribution in [1.29, 1.82) is 0 Å². The van der Waals surface area contributed by atoms with Gasteiger partial charge in [-0.1, -0.05) is 89.1 Å². The van der Waals surface area contributed by atoms with E-state index in [1.807, 2.05) is 69.3 Å². The normalized spacial score (nSPS) is 27.9. The van der Waals surface area contributed by atoms with E-state index in [-0.39, 0.29) is 21.3 Å². The number of rotatable bonds is 9. The molecule has 6 atom stereocenters. The number of sulfone groups is 2. The largest absolute Gasteiger partial charge is 0.399 e. The zero-order valence-electron chi connectivity index (χ0n) is 30.5. The van der Waals surface area contributed by atoms with Crippen LogP contribution in [-0.4, -0.2) is 50.8 Å². The molecule has 4 aromatic rings. The summed E-state index contributed by atoms with van der Waals surface area (Å²) in [7, 11) is -7.34. The van der Waals surface area contributed by atoms with Crippen molar-refractivity contribution in [2.24, 2.45) is 10.8 Å². The van der Waals surface area contributed by atoms with E-state index in [9.17, 15) is 27.0 Å². The van der Waals surface area contributed by atoms with Gasteiger partial charge in [0.15, 0.2) is 19.7 Å². The molecule has 0 aliphatic carbocycles. The van der Waals surface area contributed by atoms with E-state index >= 15 is 0 Å². The highest BCUT2D eigenvalue weighted by molar-refractivity contribution is 7.91. The summed E-state index contributed by atoms with van der Waals surface area (Å²) >= 11 is 0. The minimum atomic E-state index is -3.69. The van der Waals surface area contributed by atoms with Crippen LogP contribution < -0.4 is 11.5 Å². The first-order chi connectivity index (χ1) is 24.6. The van der Waals surface area contributed by atoms with E-state index in [0.717, 1.165) is 35.1 Å². The third-order valence-corrected chi connectivity index (χ3v) is 16.1. The summed E-state index contributed by atoms with van der Waals surface area (Å²) in [6, 6.07) is 25.7. The van der Waals surface area contributed by atoms with Crippen molar-refractivity contribution in [3.8, 4) is 0 Å². The molecule has 52 heavy (non-hydrogen) atoms. The molecule has 2 aliphatic rings. The number of hydrogen-bond donors (Lipinski definition) is 4. The van der Waals surface area contributed by atoms with Gasteiger partial charge >= 0.3 is 0 Å². The number of aliphatic hydroxyl groups is 2. The zero-order chi connectivity index (χ0) is 37.6. The van der Waals surface area contributed by atoms with E-state index < -0.39 is 54.5 Å². The fraction of sp³-hybridized carbons (Fsp3) is 0.429. The quantitative estimate of drug-likeness (QED) is 0.133. The average molecular weight is 745 g/mol. The molecule has 10 heteroatoms. The van der Waals surface area contributed by atoms with Gasteiger partial charge in [0.05, 0.1) is 33.5 Å². The van der Waals surface area contributed by atoms with Crippen LogP contribution in [0, 0.1) is 10.8 Å². The number of aliphatic hydroxyl groups excluding tert-OH is 2. The van der Waals surface area contributed by atoms with Gasteiger partial charge in [-0.15, -0.1) is 0 Å². The lowest BCUT2D eigenvalue weighted by Gasteiger charge is -2.39. The highest BCUT2D eigenvalue weighted by Gasteiger charge is 2.49. The molecular weight excluding hydrogens is 693 g/mol. The summed E-state index contributed by atoms with van der Waals surface area (Å²) in [5.74, 6) is -1.40. The second-order valence-electron chi connectivity index (χ2n) is 15.4. The van der Waals surface area contributed by atoms with Crippen molar-refractivity contribution < 1.29 is 27.0 Å². The van der Waals surface area contributed by atoms with Gasteiger partial charge in [0, 0.05) is 34.0 Å². The third-order valence-electron chi connectivity index (χ3n) is 12.0. The number of hydrogen-bond acceptors (Lipinski definition) is 8. The molecule has 6 N–H and O–H groups in total. The fourth-order valence-corrected chi connectivity index (χ4v) is 13.1. The molecular formula is C42H52N2O6S2. The Hall–Kier alpha value is -3.70. The molecule has 0 amide bonds. The monoisotopic (exact) mass is 744 g/mol. The molecule has 0 aromatic heterocycles. The van der Waals surface area contributed by atoms with Crippen LogP contribution in [-0.2, 0) is 26.1 Å². The Morgan fingerprint density at radius 2 is 1.12 bits per heavy atom. The van der Waals surface area contributed by atoms with Crippen molar-refractivity contribution in [2.45, 2.75) is 100 Å². The van der Waals surface area contributed by atoms with Gasteiger partial charge in [0.1, 0.15) is 0 Å². The Kier molecular flexibility index (Phi) is 10.4. The lowest BCUT2D eigenvalue weighted by atomic mass is 9.69. The smallest absolute Gasteiger partial charge is 0.179 e. The number of unbranched alkanes of at least 4 members (excludes halogenated alkanes) is 1. The van der Waals surface area contributed by atoms with Gasteiger partial charge < -0.3 is 21.7 Å². The second kappa shape index (κ2) is 14.3. The van der Waals surface area contributed by atoms with Crippen LogP contribution in [0.25, 0.3) is 0 Å². The van der Waals surface area contributed by atoms with Gasteiger partial charge in [0.2, 0.25) is 0 Å². The second-order valence-corrected chi connectivity index (χ2v) is 19.4. The summed E-state index contributed by atoms with van der Waals surface area (Å²) in [5.41, 5.74) is 16.4. The van der Waals surface area contributed by atoms with E-state index in [0.29, 0.717) is 48.2 Å². The maximum Gasteiger partial charge on any atom is 0.179 e. The lowest BCUT2D eigenvalue weighted by Crippen LogP contribution is -2.42. The summed E-state index contributed by atoms with van der Waals surface area (Å²) < 4.78 is 54.7. The molecule has 0 saturated heterocycles. The average Bonchev–Trinajstić information content (AvgIpc) is 3.22. The number of nitrogen functional groups attached to an aromatic ring is 2. The molecule has 4 aromatic carbocycles. The summed E-state index contributed by atoms with van der Waals surface area (Å²) in [4.78, 5) is 0.456. The third kappa shape index (κ3) is 6.91. The predicted molar refractivity (Wildman–Crippen MR) is 208 cm³/mol. The molecule has 278 valence electrons. The van der Waals surface area contributed by atoms with Crippen molar-refractivity contribution in [1.82, 2.24) is 0 Å². The Morgan fingerprint density at radius 3 is 1.56 bits per heavy atom. The highest BCUT2D eigenvalue weighted by atomic mass is 32.2. The Balaban J connectivity index is 1.32. The van der Waals surface area contributed by atoms with Gasteiger partial charge in [-0.3, -0.25) is 0 Å². The summed E-state index contributed by atoms with van der Waals surface area (Å²) in [6.45, 7) is 7.79. The van der Waals surface area contributed by atoms with Crippen LogP contribution in [0.5, 0.6) is 0 Å². The van der Waals surface area contributed by atoms with Gasteiger partial charge in [-0.25, -0.2) is 16.8 Å². The SMILES string of the molecule is CCCC[C@]1(CC)CS(=O)(=O)c2ccc(N)cc2C(c2ccc(Cc3ccc(C4c5cc(N)ccc5S(=O)(=O)C[C@@](C)(CC)[C@@H]4O)cc3)cc2)[C@@H]1O. The first-order valence-electron chi connectivity index (χ1n) is 18.4. The molecule has 2 aliphatic heterocycles. The van der Waals surface area contributed by atoms with Gasteiger partial charge in [-0.05, 0) is 95.5 Å². The van der Waals surface area contributed by atoms with Crippen LogP contribution in [0.1, 0.15) is 105 Å². The zero-order valence-corrected chi connectivity index (χ0v) is 32.2. The number of anilines is 2. The van der Waals surface area contributed by atoms with Gasteiger partial charge in [0.25, 0.3) is 0 Å². The number of fused-ring (bicyclic) bond motifs is 2. The first kappa shape index (κ1) is 38.0. The first-order valence-corrected chi connectivity index (χ1v) is 21.7. The molecule has 0 bridgehead atoms. The summed E-state index contributed by atoms with van der Waals surface area (Å²) in [6.07, 6.45) is 2.09. The maximum atomic E-state index is 13.8. The predicted octanol–water partition coefficient (Wildman–Crippen LogP) is 7.00. The van der Waals surface area contributed by atoms with E-state index in [2.05, 4.69) is 6.92 Å². The van der Waals surface area contributed by atoms with Crippen LogP contribution in [0.2, 0.25) is 0 Å². The minimum Gasteiger partial charge on any atom is -0.399 e. The standard InChI is InChI=1S/C42H52N2O6S2/c1-5-8-21-42(7-3)26-52(49,50)36-20-18-32(44)24-34(36)38(40(42)46)30-15-11-28(12-16-30)22-27-9-13-29(14-10-27)37-33-23-31(43)17-19-35(33)51(47,48)25-41(4,6-2)39(37)45/h9-20,23-24,37-40,45-46H,5-8,21-22,25-26,43-44H2,1-4H3/t37?,38?,39-,40+,41-,42-/m1/s1. The molecule has 2 heterocycles. The Bertz CT molecular complexity index is 2150. The summed E-state index contributed by atoms with van der Waals surface area (Å²) in [5, 5.41) is 24.0. The van der Waals surface area contributed by atoms with Crippen molar-refractivity contribution in [2.75, 3.05) is 23.0 Å². The molecule has 0 saturated carbocycles. The van der Waals surface area contributed by atoms with E-state index in [4.69, 9.17) is 11.5 Å². The van der Waals surface area contributed by atoms with Crippen LogP contribution in [0.15, 0.2) is 94.7 Å². The lowest BCUT2D eigenvalue weighted by molar-refractivity contribution is 0.0174. The topological polar surface area (TPSA) is 161 Å².